The molecule has 1 atom stereocenters. The van der Waals surface area contributed by atoms with Crippen LogP contribution in [0.4, 0.5) is 5.82 Å². The number of aromatic nitrogens is 2. The predicted molar refractivity (Wildman–Crippen MR) is 68.2 cm³/mol. The monoisotopic (exact) mass is 239 g/mol. The summed E-state index contributed by atoms with van der Waals surface area (Å²) in [5, 5.41) is 3.17. The first-order valence-corrected chi connectivity index (χ1v) is 6.94. The van der Waals surface area contributed by atoms with Crippen molar-refractivity contribution in [1.29, 1.82) is 0 Å². The second kappa shape index (κ2) is 4.91. The molecule has 0 radical (unpaired) electrons. The molecule has 16 heavy (non-hydrogen) atoms. The molecule has 1 saturated carbocycles. The molecule has 1 fully saturated rings. The minimum Gasteiger partial charge on any atom is -0.362 e. The van der Waals surface area contributed by atoms with E-state index < -0.39 is 0 Å². The van der Waals surface area contributed by atoms with E-state index in [0.29, 0.717) is 11.9 Å². The van der Waals surface area contributed by atoms with Crippen molar-refractivity contribution >= 4 is 17.6 Å². The van der Waals surface area contributed by atoms with Crippen molar-refractivity contribution in [3.63, 3.8) is 0 Å². The Morgan fingerprint density at radius 3 is 3.06 bits per heavy atom. The highest BCUT2D eigenvalue weighted by Gasteiger charge is 2.25. The first-order chi connectivity index (χ1) is 7.72. The van der Waals surface area contributed by atoms with Gasteiger partial charge in [0.25, 0.3) is 5.56 Å². The smallest absolute Gasteiger partial charge is 0.293 e. The molecule has 1 heterocycles. The molecular weight excluding hydrogens is 222 g/mol. The Morgan fingerprint density at radius 2 is 2.44 bits per heavy atom. The molecule has 5 heteroatoms. The van der Waals surface area contributed by atoms with Crippen LogP contribution in [-0.4, -0.2) is 27.6 Å². The molecule has 4 nitrogen and oxygen atoms in total. The van der Waals surface area contributed by atoms with Crippen molar-refractivity contribution < 1.29 is 0 Å². The van der Waals surface area contributed by atoms with Crippen LogP contribution in [-0.2, 0) is 0 Å². The molecule has 0 amide bonds. The summed E-state index contributed by atoms with van der Waals surface area (Å²) in [7, 11) is 0. The highest BCUT2D eigenvalue weighted by molar-refractivity contribution is 7.98. The van der Waals surface area contributed by atoms with Crippen LogP contribution in [0.15, 0.2) is 17.2 Å². The van der Waals surface area contributed by atoms with Gasteiger partial charge in [0.05, 0.1) is 0 Å². The van der Waals surface area contributed by atoms with Crippen molar-refractivity contribution in [3.8, 4) is 0 Å². The van der Waals surface area contributed by atoms with Crippen molar-refractivity contribution in [2.45, 2.75) is 31.8 Å². The maximum atomic E-state index is 12.0. The maximum Gasteiger partial charge on any atom is 0.293 e. The Balaban J connectivity index is 2.14. The first kappa shape index (κ1) is 11.5. The lowest BCUT2D eigenvalue weighted by molar-refractivity contribution is 0.697. The second-order valence-electron chi connectivity index (χ2n) is 4.22. The standard InChI is InChI=1S/C11H17N3OS/c1-8(7-16-2)13-10-11(15)14(6-5-12-10)9-3-4-9/h5-6,8-9H,3-4,7H2,1-2H3,(H,12,13). The number of anilines is 1. The van der Waals surface area contributed by atoms with Gasteiger partial charge in [-0.1, -0.05) is 0 Å². The second-order valence-corrected chi connectivity index (χ2v) is 5.13. The highest BCUT2D eigenvalue weighted by atomic mass is 32.2. The van der Waals surface area contributed by atoms with Gasteiger partial charge in [-0.2, -0.15) is 11.8 Å². The van der Waals surface area contributed by atoms with Gasteiger partial charge in [0, 0.05) is 30.2 Å². The molecule has 0 spiro atoms. The Labute approximate surface area is 99.5 Å². The topological polar surface area (TPSA) is 46.9 Å². The van der Waals surface area contributed by atoms with Crippen LogP contribution in [0.2, 0.25) is 0 Å². The Kier molecular flexibility index (Phi) is 3.53. The number of hydrogen-bond acceptors (Lipinski definition) is 4. The van der Waals surface area contributed by atoms with Crippen molar-refractivity contribution in [2.75, 3.05) is 17.3 Å². The summed E-state index contributed by atoms with van der Waals surface area (Å²) in [6.45, 7) is 2.06. The zero-order chi connectivity index (χ0) is 11.5. The highest BCUT2D eigenvalue weighted by Crippen LogP contribution is 2.33. The Bertz CT molecular complexity index is 414. The van der Waals surface area contributed by atoms with Gasteiger partial charge < -0.3 is 9.88 Å². The maximum absolute atomic E-state index is 12.0. The molecule has 1 aromatic heterocycles. The number of nitrogens with zero attached hydrogens (tertiary/aromatic N) is 2. The van der Waals surface area contributed by atoms with Gasteiger partial charge in [0.1, 0.15) is 0 Å². The lowest BCUT2D eigenvalue weighted by Gasteiger charge is -2.13. The molecule has 1 aromatic rings. The van der Waals surface area contributed by atoms with Crippen LogP contribution in [0.3, 0.4) is 0 Å². The minimum absolute atomic E-state index is 0.0120. The quantitative estimate of drug-likeness (QED) is 0.850. The van der Waals surface area contributed by atoms with E-state index in [9.17, 15) is 4.79 Å². The van der Waals surface area contributed by atoms with Crippen molar-refractivity contribution in [1.82, 2.24) is 9.55 Å². The fourth-order valence-electron chi connectivity index (χ4n) is 1.69. The van der Waals surface area contributed by atoms with Gasteiger partial charge in [-0.25, -0.2) is 4.98 Å². The molecule has 0 bridgehead atoms. The molecule has 0 aromatic carbocycles. The van der Waals surface area contributed by atoms with Gasteiger partial charge in [0.2, 0.25) is 0 Å². The molecule has 2 rings (SSSR count). The zero-order valence-electron chi connectivity index (χ0n) is 9.64. The summed E-state index contributed by atoms with van der Waals surface area (Å²) in [6.07, 6.45) is 7.77. The van der Waals surface area contributed by atoms with E-state index in [4.69, 9.17) is 0 Å². The minimum atomic E-state index is 0.0120. The van der Waals surface area contributed by atoms with Gasteiger partial charge in [0.15, 0.2) is 5.82 Å². The van der Waals surface area contributed by atoms with Gasteiger partial charge in [-0.3, -0.25) is 4.79 Å². The molecular formula is C11H17N3OS. The third-order valence-corrected chi connectivity index (χ3v) is 3.44. The van der Waals surface area contributed by atoms with E-state index in [1.54, 1.807) is 28.7 Å². The predicted octanol–water partition coefficient (Wildman–Crippen LogP) is 1.74. The Hall–Kier alpha value is -0.970. The molecule has 0 aliphatic heterocycles. The van der Waals surface area contributed by atoms with Crippen LogP contribution >= 0.6 is 11.8 Å². The van der Waals surface area contributed by atoms with E-state index >= 15 is 0 Å². The van der Waals surface area contributed by atoms with Crippen LogP contribution in [0.25, 0.3) is 0 Å². The fourth-order valence-corrected chi connectivity index (χ4v) is 2.27. The summed E-state index contributed by atoms with van der Waals surface area (Å²) in [4.78, 5) is 16.1. The van der Waals surface area contributed by atoms with E-state index in [1.807, 2.05) is 0 Å². The van der Waals surface area contributed by atoms with Crippen LogP contribution in [0, 0.1) is 0 Å². The van der Waals surface area contributed by atoms with Crippen LogP contribution in [0.1, 0.15) is 25.8 Å². The average molecular weight is 239 g/mol. The van der Waals surface area contributed by atoms with Gasteiger partial charge in [-0.15, -0.1) is 0 Å². The number of hydrogen-bond donors (Lipinski definition) is 1. The lowest BCUT2D eigenvalue weighted by Crippen LogP contribution is -2.28. The van der Waals surface area contributed by atoms with Gasteiger partial charge in [-0.05, 0) is 26.0 Å². The summed E-state index contributed by atoms with van der Waals surface area (Å²) in [5.41, 5.74) is 0.0120. The molecule has 0 saturated heterocycles. The van der Waals surface area contributed by atoms with E-state index in [1.165, 1.54) is 0 Å². The molecule has 1 unspecified atom stereocenters. The summed E-state index contributed by atoms with van der Waals surface area (Å²) in [5.74, 6) is 1.45. The largest absolute Gasteiger partial charge is 0.362 e. The molecule has 1 aliphatic carbocycles. The zero-order valence-corrected chi connectivity index (χ0v) is 10.5. The third kappa shape index (κ3) is 2.58. The molecule has 88 valence electrons. The number of rotatable bonds is 5. The Morgan fingerprint density at radius 1 is 1.69 bits per heavy atom. The van der Waals surface area contributed by atoms with E-state index in [2.05, 4.69) is 23.5 Å². The molecule has 1 aliphatic rings. The van der Waals surface area contributed by atoms with Crippen molar-refractivity contribution in [3.05, 3.63) is 22.7 Å². The summed E-state index contributed by atoms with van der Waals surface area (Å²) >= 11 is 1.76. The lowest BCUT2D eigenvalue weighted by atomic mass is 10.4. The normalized spacial score (nSPS) is 17.1. The van der Waals surface area contributed by atoms with Crippen molar-refractivity contribution in [2.24, 2.45) is 0 Å². The fraction of sp³-hybridized carbons (Fsp3) is 0.636. The van der Waals surface area contributed by atoms with E-state index in [-0.39, 0.29) is 11.6 Å². The van der Waals surface area contributed by atoms with Gasteiger partial charge >= 0.3 is 0 Å². The van der Waals surface area contributed by atoms with Crippen LogP contribution < -0.4 is 10.9 Å². The molecule has 1 N–H and O–H groups in total. The third-order valence-electron chi connectivity index (χ3n) is 2.61. The number of nitrogens with one attached hydrogen (secondary N) is 1. The summed E-state index contributed by atoms with van der Waals surface area (Å²) < 4.78 is 1.79. The average Bonchev–Trinajstić information content (AvgIpc) is 3.05. The SMILES string of the molecule is CSCC(C)Nc1nccn(C2CC2)c1=O. The summed E-state index contributed by atoms with van der Waals surface area (Å²) in [6, 6.07) is 0.678. The first-order valence-electron chi connectivity index (χ1n) is 5.55. The number of thioether (sulfide) groups is 1. The van der Waals surface area contributed by atoms with E-state index in [0.717, 1.165) is 18.6 Å². The van der Waals surface area contributed by atoms with Crippen LogP contribution in [0.5, 0.6) is 0 Å².